The van der Waals surface area contributed by atoms with Crippen LogP contribution in [0, 0.1) is 10.1 Å². The van der Waals surface area contributed by atoms with E-state index in [2.05, 4.69) is 25.8 Å². The van der Waals surface area contributed by atoms with E-state index in [9.17, 15) is 14.9 Å². The lowest BCUT2D eigenvalue weighted by atomic mass is 10.2. The Hall–Kier alpha value is -3.16. The third-order valence-corrected chi connectivity index (χ3v) is 6.28. The molecule has 0 atom stereocenters. The highest BCUT2D eigenvalue weighted by Gasteiger charge is 2.18. The molecule has 1 amide bonds. The van der Waals surface area contributed by atoms with E-state index in [-0.39, 0.29) is 10.9 Å². The minimum Gasteiger partial charge on any atom is -0.312 e. The number of amides is 1. The second-order valence-electron chi connectivity index (χ2n) is 5.15. The summed E-state index contributed by atoms with van der Waals surface area (Å²) in [5, 5.41) is 26.6. The van der Waals surface area contributed by atoms with Crippen molar-refractivity contribution in [1.29, 1.82) is 0 Å². The van der Waals surface area contributed by atoms with Crippen LogP contribution in [0.3, 0.4) is 0 Å². The first-order valence-electron chi connectivity index (χ1n) is 7.63. The fourth-order valence-corrected chi connectivity index (χ4v) is 4.72. The fraction of sp³-hybridized carbons (Fsp3) is 0. The van der Waals surface area contributed by atoms with E-state index < -0.39 is 4.92 Å². The van der Waals surface area contributed by atoms with E-state index >= 15 is 0 Å². The number of thiazole rings is 1. The van der Waals surface area contributed by atoms with Gasteiger partial charge < -0.3 is 5.32 Å². The van der Waals surface area contributed by atoms with Crippen LogP contribution in [0.2, 0.25) is 0 Å². The predicted molar refractivity (Wildman–Crippen MR) is 104 cm³/mol. The van der Waals surface area contributed by atoms with Crippen molar-refractivity contribution >= 4 is 50.3 Å². The van der Waals surface area contributed by atoms with Gasteiger partial charge in [-0.3, -0.25) is 14.9 Å². The second kappa shape index (κ2) is 7.84. The molecule has 28 heavy (non-hydrogen) atoms. The molecule has 1 aromatic carbocycles. The first-order valence-corrected chi connectivity index (χ1v) is 10.1. The van der Waals surface area contributed by atoms with Gasteiger partial charge in [-0.1, -0.05) is 29.5 Å². The molecule has 0 bridgehead atoms. The number of carbonyl (C=O) groups is 1. The van der Waals surface area contributed by atoms with E-state index in [1.54, 1.807) is 36.5 Å². The van der Waals surface area contributed by atoms with Gasteiger partial charge in [0.25, 0.3) is 5.91 Å². The SMILES string of the molecule is O=C(Nc1cnc(Sc2nnnn2-c2ccc([N+](=O)[O-])s2)s1)c1ccccc1. The minimum atomic E-state index is -0.464. The molecule has 1 N–H and O–H groups in total. The zero-order valence-electron chi connectivity index (χ0n) is 13.8. The molecular weight excluding hydrogens is 422 g/mol. The van der Waals surface area contributed by atoms with Gasteiger partial charge >= 0.3 is 5.00 Å². The van der Waals surface area contributed by atoms with Crippen LogP contribution < -0.4 is 5.32 Å². The smallest absolute Gasteiger partial charge is 0.312 e. The topological polar surface area (TPSA) is 129 Å². The van der Waals surface area contributed by atoms with E-state index in [4.69, 9.17) is 0 Å². The summed E-state index contributed by atoms with van der Waals surface area (Å²) in [6, 6.07) is 11.8. The molecule has 0 spiro atoms. The summed E-state index contributed by atoms with van der Waals surface area (Å²) in [7, 11) is 0. The molecule has 140 valence electrons. The van der Waals surface area contributed by atoms with Crippen molar-refractivity contribution in [2.45, 2.75) is 9.50 Å². The molecule has 0 radical (unpaired) electrons. The Balaban J connectivity index is 1.48. The Morgan fingerprint density at radius 1 is 1.18 bits per heavy atom. The molecule has 13 heteroatoms. The molecular formula is C15H9N7O3S3. The van der Waals surface area contributed by atoms with Gasteiger partial charge in [0.1, 0.15) is 10.0 Å². The van der Waals surface area contributed by atoms with Gasteiger partial charge in [-0.05, 0) is 51.7 Å². The summed E-state index contributed by atoms with van der Waals surface area (Å²) >= 11 is 3.44. The average molecular weight is 431 g/mol. The maximum absolute atomic E-state index is 12.2. The molecule has 10 nitrogen and oxygen atoms in total. The quantitative estimate of drug-likeness (QED) is 0.363. The molecule has 0 unspecified atom stereocenters. The van der Waals surface area contributed by atoms with Crippen LogP contribution in [0.15, 0.2) is 58.2 Å². The number of rotatable bonds is 6. The largest absolute Gasteiger partial charge is 0.326 e. The van der Waals surface area contributed by atoms with Crippen LogP contribution >= 0.6 is 34.4 Å². The summed E-state index contributed by atoms with van der Waals surface area (Å²) in [4.78, 5) is 26.9. The van der Waals surface area contributed by atoms with Crippen LogP contribution in [0.4, 0.5) is 10.0 Å². The molecule has 0 aliphatic carbocycles. The van der Waals surface area contributed by atoms with Crippen molar-refractivity contribution in [3.63, 3.8) is 0 Å². The van der Waals surface area contributed by atoms with Crippen molar-refractivity contribution in [3.05, 3.63) is 64.3 Å². The summed E-state index contributed by atoms with van der Waals surface area (Å²) in [5.41, 5.74) is 0.549. The van der Waals surface area contributed by atoms with E-state index in [1.807, 2.05) is 6.07 Å². The van der Waals surface area contributed by atoms with Crippen molar-refractivity contribution in [1.82, 2.24) is 25.2 Å². The first kappa shape index (κ1) is 18.2. The Morgan fingerprint density at radius 3 is 2.75 bits per heavy atom. The van der Waals surface area contributed by atoms with Gasteiger partial charge in [0, 0.05) is 11.6 Å². The van der Waals surface area contributed by atoms with Gasteiger partial charge in [-0.2, -0.15) is 4.68 Å². The zero-order chi connectivity index (χ0) is 19.5. The third kappa shape index (κ3) is 3.90. The Bertz CT molecular complexity index is 1140. The highest BCUT2D eigenvalue weighted by Crippen LogP contribution is 2.35. The number of nitro groups is 1. The van der Waals surface area contributed by atoms with Crippen LogP contribution in [-0.4, -0.2) is 36.0 Å². The number of hydrogen-bond donors (Lipinski definition) is 1. The maximum Gasteiger partial charge on any atom is 0.326 e. The first-order chi connectivity index (χ1) is 13.6. The van der Waals surface area contributed by atoms with Crippen molar-refractivity contribution in [2.24, 2.45) is 0 Å². The number of hydrogen-bond acceptors (Lipinski definition) is 10. The maximum atomic E-state index is 12.2. The monoisotopic (exact) mass is 431 g/mol. The van der Waals surface area contributed by atoms with E-state index in [0.717, 1.165) is 11.3 Å². The van der Waals surface area contributed by atoms with E-state index in [1.165, 1.54) is 33.8 Å². The summed E-state index contributed by atoms with van der Waals surface area (Å²) in [6.45, 7) is 0. The van der Waals surface area contributed by atoms with Crippen LogP contribution in [0.5, 0.6) is 0 Å². The number of benzene rings is 1. The van der Waals surface area contributed by atoms with Crippen LogP contribution in [0.25, 0.3) is 5.00 Å². The standard InChI is InChI=1S/C15H9N7O3S3/c23-13(9-4-2-1-3-5-9)17-10-8-16-15(26-10)28-14-18-19-20-21(14)11-6-7-12(27-11)22(24)25/h1-8H,(H,17,23). The zero-order valence-corrected chi connectivity index (χ0v) is 16.2. The predicted octanol–water partition coefficient (Wildman–Crippen LogP) is 3.49. The normalized spacial score (nSPS) is 10.7. The lowest BCUT2D eigenvalue weighted by Crippen LogP contribution is -2.10. The number of carbonyl (C=O) groups excluding carboxylic acids is 1. The van der Waals surface area contributed by atoms with E-state index in [0.29, 0.717) is 25.1 Å². The summed E-state index contributed by atoms with van der Waals surface area (Å²) < 4.78 is 2.02. The Morgan fingerprint density at radius 2 is 2.00 bits per heavy atom. The summed E-state index contributed by atoms with van der Waals surface area (Å²) in [5.74, 6) is -0.225. The molecule has 0 saturated heterocycles. The Labute approximate surface area is 169 Å². The highest BCUT2D eigenvalue weighted by atomic mass is 32.2. The van der Waals surface area contributed by atoms with Crippen molar-refractivity contribution < 1.29 is 9.72 Å². The fourth-order valence-electron chi connectivity index (χ4n) is 2.13. The lowest BCUT2D eigenvalue weighted by molar-refractivity contribution is -0.380. The second-order valence-corrected chi connectivity index (χ2v) is 8.44. The third-order valence-electron chi connectivity index (χ3n) is 3.34. The molecule has 0 fully saturated rings. The highest BCUT2D eigenvalue weighted by molar-refractivity contribution is 8.01. The number of aromatic nitrogens is 5. The molecule has 4 aromatic rings. The molecule has 0 saturated carbocycles. The van der Waals surface area contributed by atoms with Crippen LogP contribution in [0.1, 0.15) is 10.4 Å². The summed E-state index contributed by atoms with van der Waals surface area (Å²) in [6.07, 6.45) is 1.55. The van der Waals surface area contributed by atoms with Gasteiger partial charge in [0.05, 0.1) is 11.1 Å². The number of anilines is 1. The molecule has 0 aliphatic heterocycles. The van der Waals surface area contributed by atoms with Crippen molar-refractivity contribution in [3.8, 4) is 5.00 Å². The van der Waals surface area contributed by atoms with Gasteiger partial charge in [0.15, 0.2) is 4.34 Å². The van der Waals surface area contributed by atoms with Crippen LogP contribution in [-0.2, 0) is 0 Å². The van der Waals surface area contributed by atoms with Gasteiger partial charge in [0.2, 0.25) is 5.16 Å². The number of nitrogens with zero attached hydrogens (tertiary/aromatic N) is 6. The Kier molecular flexibility index (Phi) is 5.10. The molecule has 0 aliphatic rings. The number of nitrogens with one attached hydrogen (secondary N) is 1. The lowest BCUT2D eigenvalue weighted by Gasteiger charge is -2.01. The number of thiophene rings is 1. The molecule has 3 heterocycles. The molecule has 3 aromatic heterocycles. The minimum absolute atomic E-state index is 0.00149. The number of tetrazole rings is 1. The average Bonchev–Trinajstić information content (AvgIpc) is 3.43. The van der Waals surface area contributed by atoms with Gasteiger partial charge in [-0.25, -0.2) is 4.98 Å². The van der Waals surface area contributed by atoms with Crippen molar-refractivity contribution in [2.75, 3.05) is 5.32 Å². The molecule has 4 rings (SSSR count). The van der Waals surface area contributed by atoms with Gasteiger partial charge in [-0.15, -0.1) is 5.10 Å².